The molecule has 2 bridgehead atoms. The predicted octanol–water partition coefficient (Wildman–Crippen LogP) is 2.08. The molecule has 19 heavy (non-hydrogen) atoms. The summed E-state index contributed by atoms with van der Waals surface area (Å²) in [6, 6.07) is 9.66. The number of hydrogen-bond donors (Lipinski definition) is 1. The quantitative estimate of drug-likeness (QED) is 0.824. The van der Waals surface area contributed by atoms with E-state index in [1.54, 1.807) is 0 Å². The van der Waals surface area contributed by atoms with Crippen LogP contribution >= 0.6 is 0 Å². The van der Waals surface area contributed by atoms with Crippen LogP contribution in [0.15, 0.2) is 42.5 Å². The Kier molecular flexibility index (Phi) is 3.15. The van der Waals surface area contributed by atoms with Crippen molar-refractivity contribution in [2.24, 2.45) is 11.8 Å². The molecule has 1 aliphatic carbocycles. The molecule has 1 amide bonds. The van der Waals surface area contributed by atoms with Gasteiger partial charge in [-0.25, -0.2) is 0 Å². The lowest BCUT2D eigenvalue weighted by Crippen LogP contribution is -2.58. The van der Waals surface area contributed by atoms with E-state index in [-0.39, 0.29) is 30.5 Å². The molecular formula is C16H19NO2. The number of piperidine rings is 1. The van der Waals surface area contributed by atoms with Crippen molar-refractivity contribution in [2.45, 2.75) is 25.4 Å². The highest BCUT2D eigenvalue weighted by Crippen LogP contribution is 2.39. The zero-order chi connectivity index (χ0) is 13.4. The van der Waals surface area contributed by atoms with Gasteiger partial charge in [-0.05, 0) is 31.4 Å². The minimum absolute atomic E-state index is 0.0395. The molecule has 4 atom stereocenters. The molecular weight excluding hydrogens is 238 g/mol. The largest absolute Gasteiger partial charge is 0.396 e. The monoisotopic (exact) mass is 257 g/mol. The van der Waals surface area contributed by atoms with Gasteiger partial charge in [0.25, 0.3) is 5.91 Å². The number of aliphatic hydroxyl groups is 1. The Morgan fingerprint density at radius 3 is 2.74 bits per heavy atom. The molecule has 1 N–H and O–H groups in total. The number of rotatable bonds is 2. The Morgan fingerprint density at radius 2 is 2.05 bits per heavy atom. The van der Waals surface area contributed by atoms with Crippen molar-refractivity contribution in [1.82, 2.24) is 4.90 Å². The van der Waals surface area contributed by atoms with Crippen molar-refractivity contribution in [2.75, 3.05) is 6.61 Å². The smallest absolute Gasteiger partial charge is 0.254 e. The zero-order valence-electron chi connectivity index (χ0n) is 11.1. The van der Waals surface area contributed by atoms with Crippen LogP contribution in [0.1, 0.15) is 23.7 Å². The number of carbonyl (C=O) groups excluding carboxylic acids is 1. The van der Waals surface area contributed by atoms with Gasteiger partial charge < -0.3 is 10.0 Å². The fraction of sp³-hybridized carbons (Fsp3) is 0.438. The van der Waals surface area contributed by atoms with Gasteiger partial charge in [-0.15, -0.1) is 0 Å². The lowest BCUT2D eigenvalue weighted by Gasteiger charge is -2.50. The van der Waals surface area contributed by atoms with Crippen molar-refractivity contribution in [1.29, 1.82) is 0 Å². The van der Waals surface area contributed by atoms with Crippen LogP contribution in [0.5, 0.6) is 0 Å². The first kappa shape index (κ1) is 12.4. The number of nitrogens with zero attached hydrogens (tertiary/aromatic N) is 1. The lowest BCUT2D eigenvalue weighted by molar-refractivity contribution is 0.0111. The van der Waals surface area contributed by atoms with Crippen molar-refractivity contribution in [3.8, 4) is 0 Å². The number of aliphatic hydroxyl groups excluding tert-OH is 1. The molecule has 1 saturated heterocycles. The first-order valence-electron chi connectivity index (χ1n) is 6.89. The molecule has 1 fully saturated rings. The summed E-state index contributed by atoms with van der Waals surface area (Å²) in [5.41, 5.74) is 0.729. The minimum atomic E-state index is 0.0395. The van der Waals surface area contributed by atoms with Crippen LogP contribution in [0.3, 0.4) is 0 Å². The molecule has 2 heterocycles. The molecule has 1 aromatic rings. The van der Waals surface area contributed by atoms with E-state index in [9.17, 15) is 9.90 Å². The fourth-order valence-corrected chi connectivity index (χ4v) is 3.37. The predicted molar refractivity (Wildman–Crippen MR) is 73.7 cm³/mol. The molecule has 0 aromatic heterocycles. The summed E-state index contributed by atoms with van der Waals surface area (Å²) in [7, 11) is 0. The van der Waals surface area contributed by atoms with E-state index in [0.29, 0.717) is 5.92 Å². The van der Waals surface area contributed by atoms with E-state index in [4.69, 9.17) is 0 Å². The van der Waals surface area contributed by atoms with E-state index < -0.39 is 0 Å². The second-order valence-electron chi connectivity index (χ2n) is 5.54. The first-order valence-corrected chi connectivity index (χ1v) is 6.89. The van der Waals surface area contributed by atoms with Crippen LogP contribution in [-0.4, -0.2) is 34.6 Å². The van der Waals surface area contributed by atoms with Gasteiger partial charge in [0.1, 0.15) is 0 Å². The average molecular weight is 257 g/mol. The summed E-state index contributed by atoms with van der Waals surface area (Å²) in [4.78, 5) is 14.6. The minimum Gasteiger partial charge on any atom is -0.396 e. The number of carbonyl (C=O) groups is 1. The van der Waals surface area contributed by atoms with Gasteiger partial charge >= 0.3 is 0 Å². The second kappa shape index (κ2) is 4.82. The van der Waals surface area contributed by atoms with Gasteiger partial charge in [-0.3, -0.25) is 4.79 Å². The van der Waals surface area contributed by atoms with Crippen molar-refractivity contribution < 1.29 is 9.90 Å². The van der Waals surface area contributed by atoms with E-state index in [2.05, 4.69) is 19.1 Å². The third kappa shape index (κ3) is 1.98. The number of amides is 1. The van der Waals surface area contributed by atoms with Crippen LogP contribution in [0.25, 0.3) is 0 Å². The molecule has 2 aliphatic heterocycles. The summed E-state index contributed by atoms with van der Waals surface area (Å²) in [6.07, 6.45) is 5.28. The Hall–Kier alpha value is -1.61. The maximum atomic E-state index is 12.7. The van der Waals surface area contributed by atoms with E-state index in [1.807, 2.05) is 35.2 Å². The van der Waals surface area contributed by atoms with Gasteiger partial charge in [-0.1, -0.05) is 30.4 Å². The van der Waals surface area contributed by atoms with Crippen molar-refractivity contribution in [3.05, 3.63) is 48.0 Å². The summed E-state index contributed by atoms with van der Waals surface area (Å²) >= 11 is 0. The van der Waals surface area contributed by atoms with Gasteiger partial charge in [0.05, 0.1) is 6.04 Å². The van der Waals surface area contributed by atoms with Crippen molar-refractivity contribution >= 4 is 5.91 Å². The third-order valence-corrected chi connectivity index (χ3v) is 4.48. The van der Waals surface area contributed by atoms with Crippen LogP contribution in [0.2, 0.25) is 0 Å². The van der Waals surface area contributed by atoms with Crippen LogP contribution in [0.4, 0.5) is 0 Å². The molecule has 0 spiro atoms. The SMILES string of the molecule is C[C@@H]1[C@@H]2C=C[C@@H]([C@@H](CO)C2)N1C(=O)c1ccccc1. The molecule has 0 radical (unpaired) electrons. The lowest BCUT2D eigenvalue weighted by atomic mass is 9.74. The topological polar surface area (TPSA) is 40.5 Å². The van der Waals surface area contributed by atoms with Gasteiger partial charge in [0.15, 0.2) is 0 Å². The molecule has 1 aromatic carbocycles. The van der Waals surface area contributed by atoms with Gasteiger partial charge in [0.2, 0.25) is 0 Å². The van der Waals surface area contributed by atoms with Crippen LogP contribution < -0.4 is 0 Å². The van der Waals surface area contributed by atoms with Gasteiger partial charge in [0, 0.05) is 24.1 Å². The van der Waals surface area contributed by atoms with Crippen LogP contribution in [0, 0.1) is 11.8 Å². The summed E-state index contributed by atoms with van der Waals surface area (Å²) < 4.78 is 0. The Balaban J connectivity index is 1.92. The highest BCUT2D eigenvalue weighted by molar-refractivity contribution is 5.95. The molecule has 100 valence electrons. The molecule has 0 saturated carbocycles. The third-order valence-electron chi connectivity index (χ3n) is 4.48. The highest BCUT2D eigenvalue weighted by Gasteiger charge is 2.44. The Labute approximate surface area is 113 Å². The molecule has 3 nitrogen and oxygen atoms in total. The van der Waals surface area contributed by atoms with Crippen LogP contribution in [-0.2, 0) is 0 Å². The normalized spacial score (nSPS) is 32.6. The van der Waals surface area contributed by atoms with E-state index in [0.717, 1.165) is 12.0 Å². The number of hydrogen-bond acceptors (Lipinski definition) is 2. The highest BCUT2D eigenvalue weighted by atomic mass is 16.3. The summed E-state index contributed by atoms with van der Waals surface area (Å²) in [5.74, 6) is 0.624. The molecule has 3 heteroatoms. The zero-order valence-corrected chi connectivity index (χ0v) is 11.1. The maximum Gasteiger partial charge on any atom is 0.254 e. The van der Waals surface area contributed by atoms with Crippen molar-refractivity contribution in [3.63, 3.8) is 0 Å². The molecule has 0 unspecified atom stereocenters. The Morgan fingerprint density at radius 1 is 1.32 bits per heavy atom. The van der Waals surface area contributed by atoms with E-state index >= 15 is 0 Å². The summed E-state index contributed by atoms with van der Waals surface area (Å²) in [6.45, 7) is 2.26. The number of fused-ring (bicyclic) bond motifs is 2. The second-order valence-corrected chi connectivity index (χ2v) is 5.54. The first-order chi connectivity index (χ1) is 9.22. The molecule has 4 rings (SSSR count). The number of benzene rings is 1. The average Bonchev–Trinajstić information content (AvgIpc) is 2.48. The fourth-order valence-electron chi connectivity index (χ4n) is 3.37. The van der Waals surface area contributed by atoms with Gasteiger partial charge in [-0.2, -0.15) is 0 Å². The molecule has 3 aliphatic rings. The van der Waals surface area contributed by atoms with E-state index in [1.165, 1.54) is 0 Å². The maximum absolute atomic E-state index is 12.7. The Bertz CT molecular complexity index is 497. The standard InChI is InChI=1S/C16H19NO2/c1-11-13-7-8-15(14(9-13)10-18)17(11)16(19)12-5-3-2-4-6-12/h2-8,11,13-15,18H,9-10H2,1H3/t11-,13-,14-,15+/m1/s1. The summed E-state index contributed by atoms with van der Waals surface area (Å²) in [5, 5.41) is 9.50.